The summed E-state index contributed by atoms with van der Waals surface area (Å²) in [5.41, 5.74) is 27.5. The molecule has 0 aliphatic carbocycles. The standard InChI is InChI=1S/2C10H14.3C10H15.4C5H5.12CN.4Co.6Ru.2H2S/c2*1-8(2)10-6-4-9(3)5-7-10;3*1-6-7(2)9(4)10(5)8(6)3;4*1-2-4-5-3-1;12*1-2;;;;;;;;;;;;/h2*4-8H,1-3H3;3*1-5H3;4*1-5H;;;;;;;;;;;;;;;;;;;;;;;2*1H2/q;;19*-1;;;;;;3*+5;2*+6;;/p-2. The summed E-state index contributed by atoms with van der Waals surface area (Å²) in [6.45, 7) is 103. The Morgan fingerprint density at radius 3 is 0.415 bits per heavy atom. The van der Waals surface area contributed by atoms with Crippen LogP contribution in [0.5, 0.6) is 0 Å². The van der Waals surface area contributed by atoms with E-state index in [1.807, 2.05) is 121 Å². The molecule has 0 bridgehead atoms. The Hall–Kier alpha value is -5.76. The van der Waals surface area contributed by atoms with E-state index in [9.17, 15) is 0 Å². The van der Waals surface area contributed by atoms with E-state index in [-0.39, 0.29) is 211 Å². The molecule has 0 amide bonds. The van der Waals surface area contributed by atoms with Crippen LogP contribution in [0.15, 0.2) is 170 Å². The molecule has 9 aromatic rings. The van der Waals surface area contributed by atoms with Crippen LogP contribution in [0.25, 0.3) is 0 Å². The van der Waals surface area contributed by atoms with Gasteiger partial charge in [-0.05, 0) is 36.8 Å². The van der Waals surface area contributed by atoms with Crippen LogP contribution in [0.4, 0.5) is 0 Å². The molecule has 0 saturated heterocycles. The van der Waals surface area contributed by atoms with E-state index in [0.29, 0.717) is 11.8 Å². The second-order valence-electron chi connectivity index (χ2n) is 19.4. The average molecular weight is 2160 g/mol. The normalized spacial score (nSPS) is 6.67. The fourth-order valence-corrected chi connectivity index (χ4v) is 7.40. The molecule has 0 heterocycles. The van der Waals surface area contributed by atoms with Crippen LogP contribution in [0, 0.1) is 260 Å². The van der Waals surface area contributed by atoms with Gasteiger partial charge >= 0.3 is 97.4 Å². The van der Waals surface area contributed by atoms with Gasteiger partial charge in [0.25, 0.3) is 0 Å². The molecule has 0 N–H and O–H groups in total. The number of benzene rings is 2. The zero-order valence-electron chi connectivity index (χ0n) is 63.5. The molecule has 0 aromatic heterocycles. The molecule has 573 valence electrons. The summed E-state index contributed by atoms with van der Waals surface area (Å²) in [7, 11) is 0. The van der Waals surface area contributed by atoms with E-state index in [2.05, 4.69) is 194 Å². The van der Waals surface area contributed by atoms with Gasteiger partial charge in [-0.25, -0.2) is 48.5 Å². The summed E-state index contributed by atoms with van der Waals surface area (Å²) in [4.78, 5) is 0. The number of hydrogen-bond donors (Lipinski definition) is 0. The van der Waals surface area contributed by atoms with Crippen molar-refractivity contribution in [3.63, 3.8) is 0 Å². The SMILES string of the molecule is Cc1c(C)c(C)[c-](C)c1C.Cc1c(C)c(C)[c-](C)c1C.Cc1c(C)c(C)[c-](C)c1C.Cc1ccc(C(C)C)cc1.Cc1ccc(C(C)C)cc1.[C-]#N.[C-]#N.[C-]#N.[C-]#N.[C-]#N.[C-]#N.[C-]#N.[C-]#N.[C-]#N.[C-]#N.[C-]#N.[C-]#N.[Co].[Co].[Co].[Co].[Ru+5].[Ru+5].[Ru+5].[Ru+6].[Ru+6].[Ru].[SH-].[SH-].c1cc[cH-]c1.c1cc[cH-]c1.c1cc[cH-]c1.c1cc[cH-]c1. The number of hydrogen-bond acceptors (Lipinski definition) is 14. The predicted octanol–water partition coefficient (Wildman–Crippen LogP) is 21.3. The molecule has 24 heteroatoms. The van der Waals surface area contributed by atoms with E-state index in [0.717, 1.165) is 0 Å². The predicted molar refractivity (Wildman–Crippen MR) is 393 cm³/mol. The fraction of sp³-hybridized carbons (Fsp3) is 0.280. The topological polar surface area (TPSA) is 285 Å². The Kier molecular flexibility index (Phi) is 211. The molecule has 9 rings (SSSR count). The maximum atomic E-state index is 6.25. The van der Waals surface area contributed by atoms with Crippen molar-refractivity contribution in [1.82, 2.24) is 0 Å². The molecule has 0 fully saturated rings. The summed E-state index contributed by atoms with van der Waals surface area (Å²) in [5, 5.41) is 75.0. The molecule has 0 saturated carbocycles. The van der Waals surface area contributed by atoms with Crippen molar-refractivity contribution in [2.75, 3.05) is 0 Å². The smallest absolute Gasteiger partial charge is 0.813 e. The molecule has 0 aliphatic rings. The third kappa shape index (κ3) is 88.9. The molecule has 0 aliphatic heterocycles. The molecule has 0 atom stereocenters. The van der Waals surface area contributed by atoms with Gasteiger partial charge < -0.3 is 169 Å². The minimum Gasteiger partial charge on any atom is -0.813 e. The molecular formula is C82H95Co4N12Ru6S2+6. The summed E-state index contributed by atoms with van der Waals surface area (Å²) in [6, 6.07) is 57.4. The van der Waals surface area contributed by atoms with Crippen LogP contribution in [-0.2, 0) is 211 Å². The van der Waals surface area contributed by atoms with Gasteiger partial charge in [0.1, 0.15) is 0 Å². The van der Waals surface area contributed by atoms with Crippen LogP contribution in [0.2, 0.25) is 0 Å². The Balaban J connectivity index is -0.0000000311. The van der Waals surface area contributed by atoms with Crippen LogP contribution in [-0.4, -0.2) is 0 Å². The van der Waals surface area contributed by atoms with Gasteiger partial charge in [-0.15, -0.1) is 0 Å². The largest absolute Gasteiger partial charge is 6.00 e. The number of nitrogens with zero attached hydrogens (tertiary/aromatic N) is 12. The Labute approximate surface area is 776 Å². The Morgan fingerprint density at radius 2 is 0.358 bits per heavy atom. The number of aryl methyl sites for hydroxylation is 2. The van der Waals surface area contributed by atoms with Crippen molar-refractivity contribution < 1.29 is 184 Å². The number of rotatable bonds is 2. The molecule has 106 heavy (non-hydrogen) atoms. The first kappa shape index (κ1) is 170. The molecule has 7 radical (unpaired) electrons. The van der Waals surface area contributed by atoms with Crippen molar-refractivity contribution in [2.24, 2.45) is 0 Å². The maximum absolute atomic E-state index is 6.25. The quantitative estimate of drug-likeness (QED) is 0.0673. The zero-order chi connectivity index (χ0) is 76.9. The van der Waals surface area contributed by atoms with Crippen LogP contribution >= 0.6 is 0 Å². The minimum absolute atomic E-state index is 0. The summed E-state index contributed by atoms with van der Waals surface area (Å²) in [6.07, 6.45) is 0. The van der Waals surface area contributed by atoms with Gasteiger partial charge in [0.15, 0.2) is 0 Å². The van der Waals surface area contributed by atoms with Gasteiger partial charge in [-0.1, -0.05) is 191 Å². The van der Waals surface area contributed by atoms with E-state index >= 15 is 0 Å². The summed E-state index contributed by atoms with van der Waals surface area (Å²) in [5.74, 6) is 1.31. The summed E-state index contributed by atoms with van der Waals surface area (Å²) < 4.78 is 0. The molecule has 0 unspecified atom stereocenters. The third-order valence-corrected chi connectivity index (χ3v) is 14.1. The second-order valence-corrected chi connectivity index (χ2v) is 19.4. The van der Waals surface area contributed by atoms with E-state index in [4.69, 9.17) is 142 Å². The van der Waals surface area contributed by atoms with Gasteiger partial charge in [0.2, 0.25) is 0 Å². The van der Waals surface area contributed by atoms with Gasteiger partial charge in [0, 0.05) is 86.6 Å². The first-order valence-corrected chi connectivity index (χ1v) is 28.1. The van der Waals surface area contributed by atoms with Crippen molar-refractivity contribution in [1.29, 1.82) is 63.1 Å². The molecule has 0 spiro atoms. The third-order valence-electron chi connectivity index (χ3n) is 14.1. The minimum atomic E-state index is 0. The van der Waals surface area contributed by atoms with Crippen molar-refractivity contribution in [3.05, 3.63) is 354 Å². The van der Waals surface area contributed by atoms with Crippen molar-refractivity contribution in [3.8, 4) is 0 Å². The van der Waals surface area contributed by atoms with Crippen molar-refractivity contribution >= 4 is 27.0 Å². The molecular weight excluding hydrogens is 2060 g/mol. The van der Waals surface area contributed by atoms with E-state index in [1.54, 1.807) is 0 Å². The van der Waals surface area contributed by atoms with Crippen LogP contribution < -0.4 is 0 Å². The second kappa shape index (κ2) is 132. The average Bonchev–Trinajstić information content (AvgIpc) is 1.71. The van der Waals surface area contributed by atoms with Gasteiger partial charge in [-0.2, -0.15) is 156 Å². The zero-order valence-corrected chi connectivity index (χ0v) is 79.9. The van der Waals surface area contributed by atoms with Gasteiger partial charge in [-0.3, -0.25) is 0 Å². The van der Waals surface area contributed by atoms with Crippen LogP contribution in [0.3, 0.4) is 0 Å². The fourth-order valence-electron chi connectivity index (χ4n) is 7.40. The van der Waals surface area contributed by atoms with E-state index < -0.39 is 0 Å². The van der Waals surface area contributed by atoms with Gasteiger partial charge in [0.05, 0.1) is 0 Å². The molecule has 12 nitrogen and oxygen atoms in total. The monoisotopic (exact) mass is 2160 g/mol. The Morgan fingerprint density at radius 1 is 0.255 bits per heavy atom. The maximum Gasteiger partial charge on any atom is 6.00 e. The Bertz CT molecular complexity index is 2580. The first-order chi connectivity index (χ1) is 45.1. The first-order valence-electron chi connectivity index (χ1n) is 28.1. The molecule has 9 aromatic carbocycles. The van der Waals surface area contributed by atoms with Crippen molar-refractivity contribution in [2.45, 2.75) is 157 Å². The number of thiol groups is 2. The van der Waals surface area contributed by atoms with Crippen LogP contribution in [0.1, 0.15) is 145 Å². The van der Waals surface area contributed by atoms with E-state index in [1.165, 1.54) is 106 Å². The summed E-state index contributed by atoms with van der Waals surface area (Å²) >= 11 is 0.